The van der Waals surface area contributed by atoms with E-state index in [1.165, 1.54) is 0 Å². The van der Waals surface area contributed by atoms with Crippen LogP contribution in [0.2, 0.25) is 0 Å². The zero-order valence-electron chi connectivity index (χ0n) is 13.7. The highest BCUT2D eigenvalue weighted by atomic mass is 16.3. The second kappa shape index (κ2) is 6.69. The zero-order valence-corrected chi connectivity index (χ0v) is 13.7. The number of rotatable bonds is 5. The van der Waals surface area contributed by atoms with Gasteiger partial charge in [-0.3, -0.25) is 4.79 Å². The summed E-state index contributed by atoms with van der Waals surface area (Å²) in [5, 5.41) is 0. The van der Waals surface area contributed by atoms with Gasteiger partial charge in [0.1, 0.15) is 5.69 Å². The fraction of sp³-hybridized carbons (Fsp3) is 0.0952. The molecule has 0 bridgehead atoms. The number of aromatic nitrogens is 1. The third-order valence-electron chi connectivity index (χ3n) is 4.19. The van der Waals surface area contributed by atoms with E-state index in [2.05, 4.69) is 4.98 Å². The molecule has 4 aromatic rings. The number of fused-ring (bicyclic) bond motifs is 1. The van der Waals surface area contributed by atoms with Crippen molar-refractivity contribution < 1.29 is 9.21 Å². The average molecular weight is 330 g/mol. The molecule has 0 spiro atoms. The first-order valence-electron chi connectivity index (χ1n) is 8.23. The van der Waals surface area contributed by atoms with Crippen molar-refractivity contribution in [3.63, 3.8) is 0 Å². The van der Waals surface area contributed by atoms with Crippen molar-refractivity contribution in [3.05, 3.63) is 95.9 Å². The highest BCUT2D eigenvalue weighted by molar-refractivity contribution is 5.96. The molecule has 2 heterocycles. The van der Waals surface area contributed by atoms with Crippen molar-refractivity contribution in [2.75, 3.05) is 0 Å². The molecule has 124 valence electrons. The number of hydrogen-bond donors (Lipinski definition) is 1. The predicted octanol–water partition coefficient (Wildman–Crippen LogP) is 4.60. The minimum atomic E-state index is -0.0425. The van der Waals surface area contributed by atoms with E-state index < -0.39 is 0 Å². The fourth-order valence-electron chi connectivity index (χ4n) is 2.94. The zero-order chi connectivity index (χ0) is 17.1. The van der Waals surface area contributed by atoms with Crippen LogP contribution in [0.4, 0.5) is 0 Å². The summed E-state index contributed by atoms with van der Waals surface area (Å²) in [6.07, 6.45) is 1.61. The number of H-pyrrole nitrogens is 1. The molecule has 0 saturated heterocycles. The minimum Gasteiger partial charge on any atom is -0.463 e. The van der Waals surface area contributed by atoms with Crippen LogP contribution in [0.15, 0.2) is 83.5 Å². The average Bonchev–Trinajstić information content (AvgIpc) is 3.24. The van der Waals surface area contributed by atoms with Gasteiger partial charge < -0.3 is 14.3 Å². The lowest BCUT2D eigenvalue weighted by atomic mass is 10.1. The summed E-state index contributed by atoms with van der Waals surface area (Å²) < 4.78 is 5.36. The van der Waals surface area contributed by atoms with E-state index in [4.69, 9.17) is 4.42 Å². The Bertz CT molecular complexity index is 901. The molecule has 0 atom stereocenters. The second-order valence-corrected chi connectivity index (χ2v) is 6.01. The lowest BCUT2D eigenvalue weighted by Crippen LogP contribution is -2.30. The Kier molecular flexibility index (Phi) is 4.09. The van der Waals surface area contributed by atoms with Crippen molar-refractivity contribution in [2.24, 2.45) is 0 Å². The molecule has 0 aliphatic carbocycles. The van der Waals surface area contributed by atoms with Crippen LogP contribution >= 0.6 is 0 Å². The van der Waals surface area contributed by atoms with Gasteiger partial charge in [0.2, 0.25) is 0 Å². The number of carbonyl (C=O) groups excluding carboxylic acids is 1. The van der Waals surface area contributed by atoms with Crippen molar-refractivity contribution in [1.82, 2.24) is 9.88 Å². The van der Waals surface area contributed by atoms with Crippen molar-refractivity contribution >= 4 is 17.0 Å². The van der Waals surface area contributed by atoms with Gasteiger partial charge in [0.05, 0.1) is 11.8 Å². The van der Waals surface area contributed by atoms with Gasteiger partial charge in [-0.15, -0.1) is 0 Å². The first kappa shape index (κ1) is 15.3. The number of hydrogen-bond acceptors (Lipinski definition) is 2. The minimum absolute atomic E-state index is 0.0425. The number of furan rings is 1. The van der Waals surface area contributed by atoms with Gasteiger partial charge in [0.15, 0.2) is 5.58 Å². The van der Waals surface area contributed by atoms with Crippen LogP contribution in [0.3, 0.4) is 0 Å². The van der Waals surface area contributed by atoms with E-state index in [0.29, 0.717) is 24.4 Å². The molecule has 0 aliphatic rings. The normalized spacial score (nSPS) is 10.9. The summed E-state index contributed by atoms with van der Waals surface area (Å²) in [5.41, 5.74) is 4.27. The van der Waals surface area contributed by atoms with Gasteiger partial charge in [-0.25, -0.2) is 0 Å². The fourth-order valence-corrected chi connectivity index (χ4v) is 2.94. The van der Waals surface area contributed by atoms with E-state index in [-0.39, 0.29) is 5.91 Å². The summed E-state index contributed by atoms with van der Waals surface area (Å²) in [4.78, 5) is 18.1. The number of benzene rings is 2. The standard InChI is InChI=1S/C21H18N2O2/c24-21(19-13-20-18(22-19)11-12-25-20)23(14-16-7-3-1-4-8-16)15-17-9-5-2-6-10-17/h1-13,22H,14-15H2. The maximum atomic E-state index is 13.1. The lowest BCUT2D eigenvalue weighted by molar-refractivity contribution is 0.0725. The molecule has 1 N–H and O–H groups in total. The van der Waals surface area contributed by atoms with E-state index in [9.17, 15) is 4.79 Å². The first-order chi connectivity index (χ1) is 12.3. The van der Waals surface area contributed by atoms with Gasteiger partial charge >= 0.3 is 0 Å². The summed E-state index contributed by atoms with van der Waals surface area (Å²) >= 11 is 0. The van der Waals surface area contributed by atoms with Crippen LogP contribution in [0, 0.1) is 0 Å². The maximum Gasteiger partial charge on any atom is 0.271 e. The van der Waals surface area contributed by atoms with Gasteiger partial charge in [0, 0.05) is 25.2 Å². The Morgan fingerprint density at radius 2 is 1.48 bits per heavy atom. The quantitative estimate of drug-likeness (QED) is 0.581. The third kappa shape index (κ3) is 3.33. The Hall–Kier alpha value is -3.27. The molecule has 2 aromatic carbocycles. The molecule has 0 saturated carbocycles. The van der Waals surface area contributed by atoms with Gasteiger partial charge in [-0.2, -0.15) is 0 Å². The van der Waals surface area contributed by atoms with E-state index in [1.54, 1.807) is 12.3 Å². The molecule has 0 unspecified atom stereocenters. The first-order valence-corrected chi connectivity index (χ1v) is 8.23. The van der Waals surface area contributed by atoms with Gasteiger partial charge in [0.25, 0.3) is 5.91 Å². The number of nitrogens with one attached hydrogen (secondary N) is 1. The Morgan fingerprint density at radius 3 is 2.04 bits per heavy atom. The van der Waals surface area contributed by atoms with Gasteiger partial charge in [-0.1, -0.05) is 60.7 Å². The molecule has 1 amide bonds. The van der Waals surface area contributed by atoms with E-state index >= 15 is 0 Å². The summed E-state index contributed by atoms with van der Waals surface area (Å²) in [7, 11) is 0. The molecule has 0 aliphatic heterocycles. The molecule has 2 aromatic heterocycles. The highest BCUT2D eigenvalue weighted by Crippen LogP contribution is 2.19. The van der Waals surface area contributed by atoms with Crippen molar-refractivity contribution in [3.8, 4) is 0 Å². The number of carbonyl (C=O) groups is 1. The Balaban J connectivity index is 1.63. The lowest BCUT2D eigenvalue weighted by Gasteiger charge is -2.22. The summed E-state index contributed by atoms with van der Waals surface area (Å²) in [6.45, 7) is 1.10. The van der Waals surface area contributed by atoms with Crippen LogP contribution in [-0.4, -0.2) is 15.8 Å². The largest absolute Gasteiger partial charge is 0.463 e. The maximum absolute atomic E-state index is 13.1. The van der Waals surface area contributed by atoms with Crippen LogP contribution in [-0.2, 0) is 13.1 Å². The predicted molar refractivity (Wildman–Crippen MR) is 97.0 cm³/mol. The summed E-state index contributed by atoms with van der Waals surface area (Å²) in [6, 6.07) is 23.6. The highest BCUT2D eigenvalue weighted by Gasteiger charge is 2.19. The van der Waals surface area contributed by atoms with Gasteiger partial charge in [-0.05, 0) is 11.1 Å². The second-order valence-electron chi connectivity index (χ2n) is 6.01. The van der Waals surface area contributed by atoms with Crippen molar-refractivity contribution in [1.29, 1.82) is 0 Å². The summed E-state index contributed by atoms with van der Waals surface area (Å²) in [5.74, 6) is -0.0425. The smallest absolute Gasteiger partial charge is 0.271 e. The SMILES string of the molecule is O=C(c1cc2occc2[nH]1)N(Cc1ccccc1)Cc1ccccc1. The molecular formula is C21H18N2O2. The molecule has 4 heteroatoms. The Morgan fingerprint density at radius 1 is 0.880 bits per heavy atom. The monoisotopic (exact) mass is 330 g/mol. The van der Waals surface area contributed by atoms with Crippen LogP contribution < -0.4 is 0 Å². The number of amides is 1. The molecule has 4 nitrogen and oxygen atoms in total. The molecule has 0 fully saturated rings. The molecule has 4 rings (SSSR count). The molecule has 0 radical (unpaired) electrons. The van der Waals surface area contributed by atoms with E-state index in [0.717, 1.165) is 16.6 Å². The van der Waals surface area contributed by atoms with Crippen LogP contribution in [0.5, 0.6) is 0 Å². The van der Waals surface area contributed by atoms with E-state index in [1.807, 2.05) is 71.6 Å². The number of nitrogens with zero attached hydrogens (tertiary/aromatic N) is 1. The van der Waals surface area contributed by atoms with Crippen LogP contribution in [0.1, 0.15) is 21.6 Å². The topological polar surface area (TPSA) is 49.2 Å². The van der Waals surface area contributed by atoms with Crippen molar-refractivity contribution in [2.45, 2.75) is 13.1 Å². The van der Waals surface area contributed by atoms with Crippen LogP contribution in [0.25, 0.3) is 11.1 Å². The third-order valence-corrected chi connectivity index (χ3v) is 4.19. The molecular weight excluding hydrogens is 312 g/mol. The number of aromatic amines is 1. The molecule has 25 heavy (non-hydrogen) atoms. The Labute approximate surface area is 145 Å².